The minimum Gasteiger partial charge on any atom is -0.506 e. The number of ether oxygens (including phenoxy) is 1. The van der Waals surface area contributed by atoms with Crippen LogP contribution < -0.4 is 10.1 Å². The van der Waals surface area contributed by atoms with Gasteiger partial charge in [0.15, 0.2) is 0 Å². The lowest BCUT2D eigenvalue weighted by Crippen LogP contribution is -2.45. The number of benzene rings is 1. The summed E-state index contributed by atoms with van der Waals surface area (Å²) in [6.07, 6.45) is 0. The third-order valence-electron chi connectivity index (χ3n) is 3.95. The second kappa shape index (κ2) is 9.70. The van der Waals surface area contributed by atoms with Crippen molar-refractivity contribution in [1.29, 1.82) is 0 Å². The Balaban J connectivity index is 0.00000144. The summed E-state index contributed by atoms with van der Waals surface area (Å²) in [6, 6.07) is 7.57. The van der Waals surface area contributed by atoms with Crippen molar-refractivity contribution in [2.45, 2.75) is 6.04 Å². The van der Waals surface area contributed by atoms with E-state index in [0.29, 0.717) is 10.8 Å². The van der Waals surface area contributed by atoms with Gasteiger partial charge in [0.25, 0.3) is 0 Å². The van der Waals surface area contributed by atoms with Gasteiger partial charge in [-0.15, -0.1) is 36.2 Å². The number of hydrogen-bond acceptors (Lipinski definition) is 5. The molecule has 0 spiro atoms. The van der Waals surface area contributed by atoms with Gasteiger partial charge in [0.1, 0.15) is 11.5 Å². The summed E-state index contributed by atoms with van der Waals surface area (Å²) in [6.45, 7) is 3.70. The van der Waals surface area contributed by atoms with Crippen LogP contribution >= 0.6 is 47.8 Å². The average Bonchev–Trinajstić information content (AvgIpc) is 3.07. The molecule has 4 nitrogen and oxygen atoms in total. The summed E-state index contributed by atoms with van der Waals surface area (Å²) >= 11 is 7.84. The van der Waals surface area contributed by atoms with Crippen molar-refractivity contribution in [3.05, 3.63) is 45.1 Å². The van der Waals surface area contributed by atoms with Crippen LogP contribution in [0.15, 0.2) is 29.6 Å². The van der Waals surface area contributed by atoms with Crippen LogP contribution in [0, 0.1) is 0 Å². The number of phenols is 1. The molecule has 1 saturated heterocycles. The van der Waals surface area contributed by atoms with Gasteiger partial charge >= 0.3 is 0 Å². The van der Waals surface area contributed by atoms with Crippen molar-refractivity contribution in [2.24, 2.45) is 0 Å². The Labute approximate surface area is 163 Å². The fraction of sp³-hybridized carbons (Fsp3) is 0.375. The van der Waals surface area contributed by atoms with Gasteiger partial charge in [-0.25, -0.2) is 0 Å². The van der Waals surface area contributed by atoms with E-state index in [1.165, 1.54) is 4.88 Å². The molecule has 134 valence electrons. The van der Waals surface area contributed by atoms with Crippen molar-refractivity contribution in [2.75, 3.05) is 33.3 Å². The lowest BCUT2D eigenvalue weighted by Gasteiger charge is -2.35. The maximum Gasteiger partial charge on any atom is 0.143 e. The first-order chi connectivity index (χ1) is 10.7. The molecule has 0 aliphatic carbocycles. The van der Waals surface area contributed by atoms with E-state index in [1.807, 2.05) is 12.1 Å². The van der Waals surface area contributed by atoms with Crippen LogP contribution in [0.4, 0.5) is 0 Å². The number of methoxy groups -OCH3 is 1. The standard InChI is InChI=1S/C16H19ClN2O2S.2ClH/c1-21-12-5-4-11(17)16(20)14(12)15(13-3-2-10-22-13)19-8-6-18-7-9-19;;/h2-5,10,15,18,20H,6-9H2,1H3;2*1H/t15-;;/m0../s1. The van der Waals surface area contributed by atoms with Crippen LogP contribution in [0.5, 0.6) is 11.5 Å². The molecule has 1 fully saturated rings. The molecule has 0 radical (unpaired) electrons. The second-order valence-corrected chi connectivity index (χ2v) is 6.60. The van der Waals surface area contributed by atoms with Crippen LogP contribution in [0.1, 0.15) is 16.5 Å². The maximum atomic E-state index is 10.6. The molecule has 1 aromatic heterocycles. The number of nitrogens with zero attached hydrogens (tertiary/aromatic N) is 1. The third-order valence-corrected chi connectivity index (χ3v) is 5.18. The largest absolute Gasteiger partial charge is 0.506 e. The summed E-state index contributed by atoms with van der Waals surface area (Å²) in [4.78, 5) is 3.54. The van der Waals surface area contributed by atoms with E-state index in [9.17, 15) is 5.11 Å². The quantitative estimate of drug-likeness (QED) is 0.799. The Morgan fingerprint density at radius 2 is 1.96 bits per heavy atom. The molecular formula is C16H21Cl3N2O2S. The zero-order valence-corrected chi connectivity index (χ0v) is 16.4. The molecule has 8 heteroatoms. The van der Waals surface area contributed by atoms with E-state index in [1.54, 1.807) is 24.5 Å². The lowest BCUT2D eigenvalue weighted by molar-refractivity contribution is 0.195. The molecule has 0 saturated carbocycles. The summed E-state index contributed by atoms with van der Waals surface area (Å²) in [5, 5.41) is 16.3. The van der Waals surface area contributed by atoms with Crippen LogP contribution in [-0.4, -0.2) is 43.3 Å². The van der Waals surface area contributed by atoms with E-state index in [0.717, 1.165) is 31.7 Å². The van der Waals surface area contributed by atoms with E-state index in [2.05, 4.69) is 21.7 Å². The molecule has 1 atom stereocenters. The van der Waals surface area contributed by atoms with Crippen LogP contribution in [0.25, 0.3) is 0 Å². The number of thiophene rings is 1. The number of aromatic hydroxyl groups is 1. The highest BCUT2D eigenvalue weighted by Gasteiger charge is 2.30. The minimum absolute atomic E-state index is 0. The fourth-order valence-corrected chi connectivity index (χ4v) is 3.93. The summed E-state index contributed by atoms with van der Waals surface area (Å²) < 4.78 is 5.49. The fourth-order valence-electron chi connectivity index (χ4n) is 2.90. The first kappa shape index (κ1) is 21.4. The van der Waals surface area contributed by atoms with Gasteiger partial charge < -0.3 is 15.2 Å². The molecule has 2 N–H and O–H groups in total. The van der Waals surface area contributed by atoms with Crippen molar-refractivity contribution >= 4 is 47.8 Å². The Hall–Kier alpha value is -0.690. The molecule has 1 aromatic carbocycles. The van der Waals surface area contributed by atoms with Crippen LogP contribution in [0.2, 0.25) is 5.02 Å². The molecule has 24 heavy (non-hydrogen) atoms. The number of hydrogen-bond donors (Lipinski definition) is 2. The average molecular weight is 412 g/mol. The minimum atomic E-state index is -0.0456. The SMILES string of the molecule is COc1ccc(Cl)c(O)c1[C@H](c1cccs1)N1CCNCC1.Cl.Cl. The highest BCUT2D eigenvalue weighted by atomic mass is 35.5. The molecule has 2 aromatic rings. The van der Waals surface area contributed by atoms with Gasteiger partial charge in [0.05, 0.1) is 23.7 Å². The van der Waals surface area contributed by atoms with Crippen molar-refractivity contribution in [3.63, 3.8) is 0 Å². The third kappa shape index (κ3) is 4.28. The van der Waals surface area contributed by atoms with Crippen LogP contribution in [-0.2, 0) is 0 Å². The van der Waals surface area contributed by atoms with Gasteiger partial charge in [-0.3, -0.25) is 4.90 Å². The zero-order chi connectivity index (χ0) is 15.5. The summed E-state index contributed by atoms with van der Waals surface area (Å²) in [5.41, 5.74) is 0.749. The van der Waals surface area contributed by atoms with Gasteiger partial charge in [-0.05, 0) is 23.6 Å². The van der Waals surface area contributed by atoms with Gasteiger partial charge in [-0.2, -0.15) is 0 Å². The molecule has 2 heterocycles. The van der Waals surface area contributed by atoms with E-state index in [4.69, 9.17) is 16.3 Å². The molecule has 1 aliphatic heterocycles. The van der Waals surface area contributed by atoms with Gasteiger partial charge in [-0.1, -0.05) is 17.7 Å². The van der Waals surface area contributed by atoms with Crippen molar-refractivity contribution < 1.29 is 9.84 Å². The van der Waals surface area contributed by atoms with Crippen LogP contribution in [0.3, 0.4) is 0 Å². The number of phenolic OH excluding ortho intramolecular Hbond substituents is 1. The Morgan fingerprint density at radius 3 is 2.54 bits per heavy atom. The number of piperazine rings is 1. The number of halogens is 3. The number of nitrogens with one attached hydrogen (secondary N) is 1. The summed E-state index contributed by atoms with van der Waals surface area (Å²) in [5.74, 6) is 0.775. The molecule has 0 unspecified atom stereocenters. The maximum absolute atomic E-state index is 10.6. The Bertz CT molecular complexity index is 635. The highest BCUT2D eigenvalue weighted by Crippen LogP contribution is 2.44. The molecule has 0 amide bonds. The second-order valence-electron chi connectivity index (χ2n) is 5.22. The lowest BCUT2D eigenvalue weighted by atomic mass is 10.00. The summed E-state index contributed by atoms with van der Waals surface area (Å²) in [7, 11) is 1.62. The topological polar surface area (TPSA) is 44.7 Å². The van der Waals surface area contributed by atoms with E-state index < -0.39 is 0 Å². The molecule has 3 rings (SSSR count). The van der Waals surface area contributed by atoms with E-state index in [-0.39, 0.29) is 36.6 Å². The first-order valence-corrected chi connectivity index (χ1v) is 8.51. The number of rotatable bonds is 4. The highest BCUT2D eigenvalue weighted by molar-refractivity contribution is 7.10. The van der Waals surface area contributed by atoms with Gasteiger partial charge in [0, 0.05) is 31.1 Å². The monoisotopic (exact) mass is 410 g/mol. The first-order valence-electron chi connectivity index (χ1n) is 7.26. The van der Waals surface area contributed by atoms with E-state index >= 15 is 0 Å². The zero-order valence-electron chi connectivity index (χ0n) is 13.2. The normalized spacial score (nSPS) is 15.9. The van der Waals surface area contributed by atoms with Crippen molar-refractivity contribution in [3.8, 4) is 11.5 Å². The predicted molar refractivity (Wildman–Crippen MR) is 105 cm³/mol. The molecular weight excluding hydrogens is 391 g/mol. The molecule has 1 aliphatic rings. The molecule has 0 bridgehead atoms. The predicted octanol–water partition coefficient (Wildman–Crippen LogP) is 3.95. The van der Waals surface area contributed by atoms with Crippen molar-refractivity contribution in [1.82, 2.24) is 10.2 Å². The Kier molecular flexibility index (Phi) is 8.63. The Morgan fingerprint density at radius 1 is 1.25 bits per heavy atom. The smallest absolute Gasteiger partial charge is 0.143 e. The van der Waals surface area contributed by atoms with Gasteiger partial charge in [0.2, 0.25) is 0 Å².